The molecule has 0 aromatic heterocycles. The average Bonchev–Trinajstić information content (AvgIpc) is 2.63. The molecule has 0 aliphatic heterocycles. The third-order valence-corrected chi connectivity index (χ3v) is 4.68. The molecule has 148 valence electrons. The van der Waals surface area contributed by atoms with E-state index in [0.717, 1.165) is 13.0 Å². The second kappa shape index (κ2) is 21.2. The van der Waals surface area contributed by atoms with E-state index < -0.39 is 0 Å². The predicted molar refractivity (Wildman–Crippen MR) is 109 cm³/mol. The van der Waals surface area contributed by atoms with Gasteiger partial charge in [-0.1, -0.05) is 110 Å². The molecule has 0 aliphatic rings. The van der Waals surface area contributed by atoms with Crippen molar-refractivity contribution in [2.24, 2.45) is 0 Å². The first kappa shape index (κ1) is 24.2. The summed E-state index contributed by atoms with van der Waals surface area (Å²) >= 11 is 0. The zero-order valence-corrected chi connectivity index (χ0v) is 16.8. The summed E-state index contributed by atoms with van der Waals surface area (Å²) < 4.78 is 5.35. The van der Waals surface area contributed by atoms with Gasteiger partial charge in [0.15, 0.2) is 0 Å². The van der Waals surface area contributed by atoms with E-state index >= 15 is 0 Å². The first-order valence-electron chi connectivity index (χ1n) is 10.8. The van der Waals surface area contributed by atoms with Crippen LogP contribution in [-0.4, -0.2) is 19.2 Å². The van der Waals surface area contributed by atoms with Gasteiger partial charge in [-0.05, 0) is 12.5 Å². The summed E-state index contributed by atoms with van der Waals surface area (Å²) in [4.78, 5) is 10.9. The lowest BCUT2D eigenvalue weighted by atomic mass is 10.0. The number of carbonyl (C=O) groups is 1. The van der Waals surface area contributed by atoms with Crippen molar-refractivity contribution < 1.29 is 9.53 Å². The van der Waals surface area contributed by atoms with Crippen molar-refractivity contribution in [1.29, 1.82) is 0 Å². The van der Waals surface area contributed by atoms with E-state index in [-0.39, 0.29) is 5.91 Å². The molecule has 1 N–H and O–H groups in total. The van der Waals surface area contributed by atoms with Crippen molar-refractivity contribution in [3.63, 3.8) is 0 Å². The molecule has 0 aromatic carbocycles. The summed E-state index contributed by atoms with van der Waals surface area (Å²) in [7, 11) is 0. The van der Waals surface area contributed by atoms with Gasteiger partial charge >= 0.3 is 0 Å². The van der Waals surface area contributed by atoms with Crippen molar-refractivity contribution in [3.05, 3.63) is 12.7 Å². The minimum absolute atomic E-state index is 0.174. The van der Waals surface area contributed by atoms with Gasteiger partial charge in [-0.25, -0.2) is 0 Å². The SMILES string of the molecule is C=CC(=O)NCOCCCCCCCCCCCCCCCCCC. The van der Waals surface area contributed by atoms with Crippen molar-refractivity contribution in [2.75, 3.05) is 13.3 Å². The van der Waals surface area contributed by atoms with Crippen LogP contribution in [0.1, 0.15) is 110 Å². The molecule has 0 heterocycles. The van der Waals surface area contributed by atoms with E-state index in [0.29, 0.717) is 6.73 Å². The van der Waals surface area contributed by atoms with Gasteiger partial charge < -0.3 is 10.1 Å². The summed E-state index contributed by atoms with van der Waals surface area (Å²) in [5.74, 6) is -0.174. The number of ether oxygens (including phenoxy) is 1. The average molecular weight is 354 g/mol. The normalized spacial score (nSPS) is 10.8. The number of rotatable bonds is 20. The van der Waals surface area contributed by atoms with Gasteiger partial charge in [-0.15, -0.1) is 0 Å². The Labute approximate surface area is 157 Å². The Hall–Kier alpha value is -0.830. The summed E-state index contributed by atoms with van der Waals surface area (Å²) in [6.07, 6.45) is 23.3. The number of nitrogens with one attached hydrogen (secondary N) is 1. The third-order valence-electron chi connectivity index (χ3n) is 4.68. The fourth-order valence-electron chi connectivity index (χ4n) is 3.02. The Morgan fingerprint density at radius 1 is 0.760 bits per heavy atom. The van der Waals surface area contributed by atoms with Crippen molar-refractivity contribution in [2.45, 2.75) is 110 Å². The number of hydrogen-bond acceptors (Lipinski definition) is 2. The molecule has 0 saturated carbocycles. The molecule has 0 radical (unpaired) electrons. The lowest BCUT2D eigenvalue weighted by Gasteiger charge is -2.05. The number of carbonyl (C=O) groups excluding carboxylic acids is 1. The van der Waals surface area contributed by atoms with Crippen LogP contribution in [0.15, 0.2) is 12.7 Å². The maximum atomic E-state index is 10.9. The van der Waals surface area contributed by atoms with Crippen LogP contribution in [0.2, 0.25) is 0 Å². The molecule has 3 nitrogen and oxygen atoms in total. The van der Waals surface area contributed by atoms with E-state index in [1.165, 1.54) is 102 Å². The Morgan fingerprint density at radius 3 is 1.56 bits per heavy atom. The van der Waals surface area contributed by atoms with E-state index in [1.807, 2.05) is 0 Å². The smallest absolute Gasteiger partial charge is 0.245 e. The van der Waals surface area contributed by atoms with Crippen LogP contribution in [0.4, 0.5) is 0 Å². The topological polar surface area (TPSA) is 38.3 Å². The highest BCUT2D eigenvalue weighted by Gasteiger charge is 1.95. The summed E-state index contributed by atoms with van der Waals surface area (Å²) in [5, 5.41) is 2.61. The van der Waals surface area contributed by atoms with Crippen LogP contribution in [-0.2, 0) is 9.53 Å². The van der Waals surface area contributed by atoms with Gasteiger partial charge in [0.1, 0.15) is 6.73 Å². The van der Waals surface area contributed by atoms with Crippen LogP contribution in [0.3, 0.4) is 0 Å². The zero-order valence-electron chi connectivity index (χ0n) is 16.8. The van der Waals surface area contributed by atoms with Gasteiger partial charge in [0, 0.05) is 6.61 Å². The van der Waals surface area contributed by atoms with Gasteiger partial charge in [-0.3, -0.25) is 4.79 Å². The van der Waals surface area contributed by atoms with Crippen LogP contribution in [0.25, 0.3) is 0 Å². The molecule has 25 heavy (non-hydrogen) atoms. The Morgan fingerprint density at radius 2 is 1.16 bits per heavy atom. The highest BCUT2D eigenvalue weighted by Crippen LogP contribution is 2.13. The van der Waals surface area contributed by atoms with Crippen molar-refractivity contribution >= 4 is 5.91 Å². The standard InChI is InChI=1S/C22H43NO2/c1-3-5-6-7-8-9-10-11-12-13-14-15-16-17-18-19-20-25-21-23-22(24)4-2/h4H,2-3,5-21H2,1H3,(H,23,24). The Bertz CT molecular complexity index is 292. The predicted octanol–water partition coefficient (Wildman–Crippen LogP) is 6.52. The van der Waals surface area contributed by atoms with Crippen molar-refractivity contribution in [3.8, 4) is 0 Å². The van der Waals surface area contributed by atoms with Crippen LogP contribution < -0.4 is 5.32 Å². The minimum Gasteiger partial charge on any atom is -0.361 e. The lowest BCUT2D eigenvalue weighted by Crippen LogP contribution is -2.24. The maximum Gasteiger partial charge on any atom is 0.245 e. The quantitative estimate of drug-likeness (QED) is 0.154. The number of amides is 1. The van der Waals surface area contributed by atoms with Gasteiger partial charge in [0.05, 0.1) is 0 Å². The maximum absolute atomic E-state index is 10.9. The largest absolute Gasteiger partial charge is 0.361 e. The van der Waals surface area contributed by atoms with Gasteiger partial charge in [-0.2, -0.15) is 0 Å². The molecule has 1 amide bonds. The highest BCUT2D eigenvalue weighted by atomic mass is 16.5. The molecule has 0 bridgehead atoms. The Kier molecular flexibility index (Phi) is 20.5. The summed E-state index contributed by atoms with van der Waals surface area (Å²) in [6.45, 7) is 6.70. The second-order valence-electron chi connectivity index (χ2n) is 7.10. The molecular weight excluding hydrogens is 310 g/mol. The van der Waals surface area contributed by atoms with E-state index in [1.54, 1.807) is 0 Å². The molecule has 0 aliphatic carbocycles. The first-order chi connectivity index (χ1) is 12.3. The molecule has 0 atom stereocenters. The molecule has 0 saturated heterocycles. The number of unbranched alkanes of at least 4 members (excludes halogenated alkanes) is 15. The zero-order chi connectivity index (χ0) is 18.4. The molecule has 0 spiro atoms. The minimum atomic E-state index is -0.174. The lowest BCUT2D eigenvalue weighted by molar-refractivity contribution is -0.118. The molecular formula is C22H43NO2. The fraction of sp³-hybridized carbons (Fsp3) is 0.864. The molecule has 3 heteroatoms. The highest BCUT2D eigenvalue weighted by molar-refractivity contribution is 5.86. The van der Waals surface area contributed by atoms with Gasteiger partial charge in [0.2, 0.25) is 5.91 Å². The molecule has 0 rings (SSSR count). The van der Waals surface area contributed by atoms with Crippen LogP contribution in [0, 0.1) is 0 Å². The Balaban J connectivity index is 3.00. The fourth-order valence-corrected chi connectivity index (χ4v) is 3.02. The van der Waals surface area contributed by atoms with E-state index in [4.69, 9.17) is 4.74 Å². The van der Waals surface area contributed by atoms with Crippen LogP contribution >= 0.6 is 0 Å². The summed E-state index contributed by atoms with van der Waals surface area (Å²) in [6, 6.07) is 0. The molecule has 0 fully saturated rings. The van der Waals surface area contributed by atoms with E-state index in [2.05, 4.69) is 18.8 Å². The molecule has 0 aromatic rings. The monoisotopic (exact) mass is 353 g/mol. The second-order valence-corrected chi connectivity index (χ2v) is 7.10. The van der Waals surface area contributed by atoms with Crippen LogP contribution in [0.5, 0.6) is 0 Å². The summed E-state index contributed by atoms with van der Waals surface area (Å²) in [5.41, 5.74) is 0. The van der Waals surface area contributed by atoms with Gasteiger partial charge in [0.25, 0.3) is 0 Å². The molecule has 0 unspecified atom stereocenters. The number of hydrogen-bond donors (Lipinski definition) is 1. The van der Waals surface area contributed by atoms with E-state index in [9.17, 15) is 4.79 Å². The third kappa shape index (κ3) is 21.1. The van der Waals surface area contributed by atoms with Crippen molar-refractivity contribution in [1.82, 2.24) is 5.32 Å². The first-order valence-corrected chi connectivity index (χ1v) is 10.8.